The highest BCUT2D eigenvalue weighted by molar-refractivity contribution is 7.10. The fraction of sp³-hybridized carbons (Fsp3) is 0.576. The van der Waals surface area contributed by atoms with Crippen LogP contribution in [-0.4, -0.2) is 40.7 Å². The van der Waals surface area contributed by atoms with Gasteiger partial charge in [0.2, 0.25) is 0 Å². The molecule has 0 radical (unpaired) electrons. The lowest BCUT2D eigenvalue weighted by molar-refractivity contribution is -0.113. The number of hydrogen-bond donors (Lipinski definition) is 1. The van der Waals surface area contributed by atoms with Crippen LogP contribution in [0.25, 0.3) is 0 Å². The first-order valence-electron chi connectivity index (χ1n) is 15.1. The second kappa shape index (κ2) is 15.4. The molecule has 1 aromatic heterocycles. The fourth-order valence-electron chi connectivity index (χ4n) is 5.49. The van der Waals surface area contributed by atoms with E-state index < -0.39 is 0 Å². The molecule has 0 bridgehead atoms. The maximum atomic E-state index is 12.9. The topological polar surface area (TPSA) is 56.4 Å². The standard InChI is InChI=1S/C31H43N3O2S.C2H6/c1-5-27-30(36)32-37-31(27)34(26-15-16-26)29(6-2)28(23(4)35)20-22(3)19-24-11-13-25(14-12-24)21-33-17-9-7-8-10-18-33;1-2/h6,11,13-14,19-20,24,26H,5,7-10,12,15-18,21H2,1-4H3,(H,32,36);1-2H3/b22-19+,28-20-,29-6+;. The van der Waals surface area contributed by atoms with Crippen molar-refractivity contribution in [2.75, 3.05) is 24.5 Å². The largest absolute Gasteiger partial charge is 0.328 e. The van der Waals surface area contributed by atoms with Crippen molar-refractivity contribution < 1.29 is 4.79 Å². The van der Waals surface area contributed by atoms with Gasteiger partial charge in [-0.2, -0.15) is 0 Å². The van der Waals surface area contributed by atoms with E-state index in [0.29, 0.717) is 24.0 Å². The maximum absolute atomic E-state index is 12.9. The van der Waals surface area contributed by atoms with Crippen LogP contribution in [-0.2, 0) is 11.2 Å². The molecule has 6 heteroatoms. The van der Waals surface area contributed by atoms with E-state index in [-0.39, 0.29) is 11.3 Å². The molecule has 1 saturated carbocycles. The first-order chi connectivity index (χ1) is 18.9. The number of carbonyl (C=O) groups excluding carboxylic acids is 1. The van der Waals surface area contributed by atoms with E-state index in [2.05, 4.69) is 45.4 Å². The molecule has 0 aromatic carbocycles. The molecular formula is C33H49N3O2S. The van der Waals surface area contributed by atoms with Crippen LogP contribution in [0.5, 0.6) is 0 Å². The van der Waals surface area contributed by atoms with E-state index in [1.807, 2.05) is 39.8 Å². The van der Waals surface area contributed by atoms with Crippen LogP contribution < -0.4 is 10.5 Å². The molecule has 0 spiro atoms. The van der Waals surface area contributed by atoms with Gasteiger partial charge in [-0.1, -0.05) is 69.6 Å². The number of carbonyl (C=O) groups is 1. The van der Waals surface area contributed by atoms with Gasteiger partial charge in [-0.25, -0.2) is 0 Å². The summed E-state index contributed by atoms with van der Waals surface area (Å²) in [4.78, 5) is 30.1. The van der Waals surface area contributed by atoms with Crippen LogP contribution in [0.15, 0.2) is 63.7 Å². The van der Waals surface area contributed by atoms with Gasteiger partial charge in [0.05, 0.1) is 5.56 Å². The first-order valence-corrected chi connectivity index (χ1v) is 15.9. The number of H-pyrrole nitrogens is 1. The Morgan fingerprint density at radius 2 is 1.85 bits per heavy atom. The molecule has 1 saturated heterocycles. The first kappa shape index (κ1) is 31.1. The molecule has 1 atom stereocenters. The highest BCUT2D eigenvalue weighted by atomic mass is 32.1. The number of rotatable bonds is 10. The summed E-state index contributed by atoms with van der Waals surface area (Å²) in [6.45, 7) is 15.2. The Balaban J connectivity index is 0.00000205. The minimum absolute atomic E-state index is 0.0135. The predicted molar refractivity (Wildman–Crippen MR) is 168 cm³/mol. The number of anilines is 1. The quantitative estimate of drug-likeness (QED) is 0.239. The molecule has 1 aliphatic heterocycles. The van der Waals surface area contributed by atoms with Gasteiger partial charge in [-0.05, 0) is 101 Å². The number of nitrogens with one attached hydrogen (secondary N) is 1. The van der Waals surface area contributed by atoms with Gasteiger partial charge in [0.1, 0.15) is 5.00 Å². The normalized spacial score (nSPS) is 21.1. The SMILES string of the molecule is CC.C\C=C(/C(=C\C(C)=C\C1C=CC(CN2CCCCCC2)=CC1)C(C)=O)N(c1s[nH]c(=O)c1CC)C1CC1. The summed E-state index contributed by atoms with van der Waals surface area (Å²) in [5, 5.41) is 0.953. The van der Waals surface area contributed by atoms with Gasteiger partial charge in [-0.3, -0.25) is 18.9 Å². The summed E-state index contributed by atoms with van der Waals surface area (Å²) in [7, 11) is 0. The highest BCUT2D eigenvalue weighted by Gasteiger charge is 2.35. The second-order valence-corrected chi connectivity index (χ2v) is 11.5. The molecular weight excluding hydrogens is 502 g/mol. The number of Topliss-reactive ketones (excluding diaryl/α,β-unsaturated/α-hetero) is 1. The molecule has 0 amide bonds. The van der Waals surface area contributed by atoms with Crippen LogP contribution in [0.1, 0.15) is 92.1 Å². The maximum Gasteiger partial charge on any atom is 0.263 e. The molecule has 2 heterocycles. The van der Waals surface area contributed by atoms with Crippen molar-refractivity contribution >= 4 is 22.3 Å². The summed E-state index contributed by atoms with van der Waals surface area (Å²) in [6.07, 6.45) is 22.5. The zero-order valence-corrected chi connectivity index (χ0v) is 25.8. The van der Waals surface area contributed by atoms with Crippen molar-refractivity contribution in [2.45, 2.75) is 99.0 Å². The summed E-state index contributed by atoms with van der Waals surface area (Å²) >= 11 is 1.39. The molecule has 1 aromatic rings. The monoisotopic (exact) mass is 551 g/mol. The summed E-state index contributed by atoms with van der Waals surface area (Å²) in [5.74, 6) is 0.388. The Morgan fingerprint density at radius 3 is 2.38 bits per heavy atom. The van der Waals surface area contributed by atoms with Crippen molar-refractivity contribution in [3.05, 3.63) is 74.8 Å². The second-order valence-electron chi connectivity index (χ2n) is 10.7. The third-order valence-corrected chi connectivity index (χ3v) is 8.53. The zero-order chi connectivity index (χ0) is 28.4. The number of aromatic nitrogens is 1. The van der Waals surface area contributed by atoms with Crippen LogP contribution in [0, 0.1) is 5.92 Å². The number of likely N-dealkylation sites (tertiary alicyclic amines) is 1. The molecule has 3 aliphatic rings. The smallest absolute Gasteiger partial charge is 0.263 e. The molecule has 1 unspecified atom stereocenters. The van der Waals surface area contributed by atoms with E-state index in [9.17, 15) is 9.59 Å². The third kappa shape index (κ3) is 8.52. The van der Waals surface area contributed by atoms with Crippen molar-refractivity contribution in [1.29, 1.82) is 0 Å². The van der Waals surface area contributed by atoms with E-state index in [1.54, 1.807) is 6.92 Å². The molecule has 4 rings (SSSR count). The van der Waals surface area contributed by atoms with Gasteiger partial charge < -0.3 is 4.90 Å². The van der Waals surface area contributed by atoms with Gasteiger partial charge in [-0.15, -0.1) is 0 Å². The van der Waals surface area contributed by atoms with Gasteiger partial charge in [0.25, 0.3) is 5.56 Å². The Kier molecular flexibility index (Phi) is 12.3. The van der Waals surface area contributed by atoms with Gasteiger partial charge in [0, 0.05) is 23.9 Å². The predicted octanol–water partition coefficient (Wildman–Crippen LogP) is 7.74. The van der Waals surface area contributed by atoms with Crippen molar-refractivity contribution in [3.63, 3.8) is 0 Å². The van der Waals surface area contributed by atoms with Crippen LogP contribution >= 0.6 is 11.5 Å². The molecule has 5 nitrogen and oxygen atoms in total. The van der Waals surface area contributed by atoms with E-state index in [1.165, 1.54) is 55.9 Å². The lowest BCUT2D eigenvalue weighted by Gasteiger charge is -2.28. The lowest BCUT2D eigenvalue weighted by Crippen LogP contribution is -2.28. The minimum atomic E-state index is -0.0135. The van der Waals surface area contributed by atoms with Crippen LogP contribution in [0.4, 0.5) is 5.00 Å². The van der Waals surface area contributed by atoms with Gasteiger partial charge in [0.15, 0.2) is 5.78 Å². The Hall–Kier alpha value is -2.44. The molecule has 2 aliphatic carbocycles. The number of allylic oxidation sites excluding steroid dienone is 7. The zero-order valence-electron chi connectivity index (χ0n) is 25.0. The molecule has 214 valence electrons. The Morgan fingerprint density at radius 1 is 1.15 bits per heavy atom. The van der Waals surface area contributed by atoms with Crippen molar-refractivity contribution in [3.8, 4) is 0 Å². The van der Waals surface area contributed by atoms with Crippen LogP contribution in [0.3, 0.4) is 0 Å². The lowest BCUT2D eigenvalue weighted by atomic mass is 9.93. The van der Waals surface area contributed by atoms with E-state index in [4.69, 9.17) is 0 Å². The molecule has 2 fully saturated rings. The van der Waals surface area contributed by atoms with Crippen LogP contribution in [0.2, 0.25) is 0 Å². The number of hydrogen-bond acceptors (Lipinski definition) is 5. The third-order valence-electron chi connectivity index (χ3n) is 7.61. The van der Waals surface area contributed by atoms with Crippen molar-refractivity contribution in [1.82, 2.24) is 9.27 Å². The number of aromatic amines is 1. The number of nitrogens with zero attached hydrogens (tertiary/aromatic N) is 2. The summed E-state index contributed by atoms with van der Waals surface area (Å²) < 4.78 is 2.91. The van der Waals surface area contributed by atoms with Gasteiger partial charge >= 0.3 is 0 Å². The molecule has 39 heavy (non-hydrogen) atoms. The summed E-state index contributed by atoms with van der Waals surface area (Å²) in [5.41, 5.74) is 4.94. The van der Waals surface area contributed by atoms with E-state index >= 15 is 0 Å². The Labute approximate surface area is 240 Å². The van der Waals surface area contributed by atoms with E-state index in [0.717, 1.165) is 47.6 Å². The minimum Gasteiger partial charge on any atom is -0.328 e. The Bertz CT molecular complexity index is 1170. The summed E-state index contributed by atoms with van der Waals surface area (Å²) in [6, 6.07) is 0.337. The average Bonchev–Trinajstić information content (AvgIpc) is 3.74. The average molecular weight is 552 g/mol. The van der Waals surface area contributed by atoms with Crippen molar-refractivity contribution in [2.24, 2.45) is 5.92 Å². The fourth-order valence-corrected chi connectivity index (χ4v) is 6.51. The number of ketones is 1. The highest BCUT2D eigenvalue weighted by Crippen LogP contribution is 2.40. The molecule has 1 N–H and O–H groups in total.